The molecule has 0 N–H and O–H groups in total. The average molecular weight is 113 g/mol. The monoisotopic (exact) mass is 113 g/mol. The van der Waals surface area contributed by atoms with Crippen LogP contribution in [0, 0.1) is 17.8 Å². The zero-order chi connectivity index (χ0) is 5.44. The van der Waals surface area contributed by atoms with Crippen LogP contribution in [0.1, 0.15) is 13.8 Å². The third-order valence-electron chi connectivity index (χ3n) is 1.83. The van der Waals surface area contributed by atoms with Gasteiger partial charge >= 0.3 is 0 Å². The highest BCUT2D eigenvalue weighted by molar-refractivity contribution is 7.79. The molecule has 0 aromatic rings. The van der Waals surface area contributed by atoms with Crippen LogP contribution in [0.2, 0.25) is 0 Å². The van der Waals surface area contributed by atoms with Crippen LogP contribution in [0.15, 0.2) is 0 Å². The van der Waals surface area contributed by atoms with Crippen molar-refractivity contribution in [1.29, 1.82) is 0 Å². The van der Waals surface area contributed by atoms with Crippen molar-refractivity contribution in [2.24, 2.45) is 11.8 Å². The quantitative estimate of drug-likeness (QED) is 0.468. The van der Waals surface area contributed by atoms with Crippen LogP contribution in [-0.4, -0.2) is 5.37 Å². The van der Waals surface area contributed by atoms with Crippen molar-refractivity contribution in [2.75, 3.05) is 0 Å². The summed E-state index contributed by atoms with van der Waals surface area (Å²) < 4.78 is 0. The van der Waals surface area contributed by atoms with Gasteiger partial charge in [0.25, 0.3) is 0 Å². The molecule has 1 aliphatic rings. The van der Waals surface area contributed by atoms with E-state index in [1.807, 2.05) is 5.37 Å². The largest absolute Gasteiger partial charge is 0.0928 e. The van der Waals surface area contributed by atoms with E-state index < -0.39 is 0 Å². The Morgan fingerprint density at radius 3 is 1.86 bits per heavy atom. The minimum atomic E-state index is 0.789. The molecule has 2 unspecified atom stereocenters. The molecule has 0 spiro atoms. The van der Waals surface area contributed by atoms with Gasteiger partial charge in [-0.1, -0.05) is 26.1 Å². The summed E-state index contributed by atoms with van der Waals surface area (Å²) >= 11 is 4.73. The summed E-state index contributed by atoms with van der Waals surface area (Å²) in [4.78, 5) is 0. The number of hydrogen-bond acceptors (Lipinski definition) is 1. The van der Waals surface area contributed by atoms with Crippen LogP contribution in [0.5, 0.6) is 0 Å². The SMILES string of the molecule is CC1[C](C=S)C1C. The molecule has 2 atom stereocenters. The molecule has 0 aliphatic heterocycles. The maximum absolute atomic E-state index is 4.73. The molecule has 1 heteroatoms. The van der Waals surface area contributed by atoms with Gasteiger partial charge in [0.05, 0.1) is 0 Å². The van der Waals surface area contributed by atoms with Gasteiger partial charge in [-0.25, -0.2) is 0 Å². The summed E-state index contributed by atoms with van der Waals surface area (Å²) in [6, 6.07) is 0. The van der Waals surface area contributed by atoms with Crippen molar-refractivity contribution in [3.63, 3.8) is 0 Å². The molecule has 0 amide bonds. The highest BCUT2D eigenvalue weighted by Gasteiger charge is 2.41. The smallest absolute Gasteiger partial charge is 0.0148 e. The van der Waals surface area contributed by atoms with Crippen LogP contribution in [0.3, 0.4) is 0 Å². The Morgan fingerprint density at radius 1 is 1.43 bits per heavy atom. The zero-order valence-electron chi connectivity index (χ0n) is 4.64. The number of hydrogen-bond donors (Lipinski definition) is 0. The summed E-state index contributed by atoms with van der Waals surface area (Å²) in [6.45, 7) is 4.42. The predicted molar refractivity (Wildman–Crippen MR) is 35.2 cm³/mol. The molecular formula is C6H9S. The lowest BCUT2D eigenvalue weighted by Crippen LogP contribution is -1.69. The van der Waals surface area contributed by atoms with E-state index in [4.69, 9.17) is 12.2 Å². The van der Waals surface area contributed by atoms with Crippen LogP contribution >= 0.6 is 12.2 Å². The minimum Gasteiger partial charge on any atom is -0.0928 e. The fourth-order valence-electron chi connectivity index (χ4n) is 0.814. The van der Waals surface area contributed by atoms with Crippen LogP contribution < -0.4 is 0 Å². The van der Waals surface area contributed by atoms with E-state index in [1.54, 1.807) is 0 Å². The van der Waals surface area contributed by atoms with Crippen molar-refractivity contribution in [2.45, 2.75) is 13.8 Å². The maximum atomic E-state index is 4.73. The molecule has 39 valence electrons. The lowest BCUT2D eigenvalue weighted by Gasteiger charge is -1.69. The van der Waals surface area contributed by atoms with E-state index >= 15 is 0 Å². The molecule has 7 heavy (non-hydrogen) atoms. The summed E-state index contributed by atoms with van der Waals surface area (Å²) in [5, 5.41) is 1.81. The first-order valence-corrected chi connectivity index (χ1v) is 3.06. The Hall–Kier alpha value is 0.0900. The van der Waals surface area contributed by atoms with E-state index in [1.165, 1.54) is 5.92 Å². The van der Waals surface area contributed by atoms with Gasteiger partial charge < -0.3 is 0 Å². The lowest BCUT2D eigenvalue weighted by atomic mass is 10.4. The molecule has 1 rings (SSSR count). The van der Waals surface area contributed by atoms with Gasteiger partial charge in [-0.15, -0.1) is 0 Å². The van der Waals surface area contributed by atoms with Gasteiger partial charge in [0, 0.05) is 5.92 Å². The van der Waals surface area contributed by atoms with Crippen LogP contribution in [0.25, 0.3) is 0 Å². The van der Waals surface area contributed by atoms with Gasteiger partial charge in [-0.2, -0.15) is 0 Å². The molecule has 1 saturated carbocycles. The summed E-state index contributed by atoms with van der Waals surface area (Å²) in [5.74, 6) is 3.03. The highest BCUT2D eigenvalue weighted by atomic mass is 32.1. The molecule has 0 aromatic heterocycles. The highest BCUT2D eigenvalue weighted by Crippen LogP contribution is 2.45. The Kier molecular flexibility index (Phi) is 1.16. The first-order valence-electron chi connectivity index (χ1n) is 2.59. The first kappa shape index (κ1) is 5.23. The summed E-state index contributed by atoms with van der Waals surface area (Å²) in [7, 11) is 0. The van der Waals surface area contributed by atoms with E-state index in [2.05, 4.69) is 13.8 Å². The molecule has 0 nitrogen and oxygen atoms in total. The van der Waals surface area contributed by atoms with E-state index in [0.29, 0.717) is 0 Å². The molecule has 0 bridgehead atoms. The third-order valence-corrected chi connectivity index (χ3v) is 2.10. The van der Waals surface area contributed by atoms with Gasteiger partial charge in [0.2, 0.25) is 0 Å². The van der Waals surface area contributed by atoms with Crippen molar-refractivity contribution in [1.82, 2.24) is 0 Å². The second kappa shape index (κ2) is 1.55. The molecule has 0 aromatic carbocycles. The molecule has 1 fully saturated rings. The van der Waals surface area contributed by atoms with Gasteiger partial charge in [-0.05, 0) is 17.2 Å². The number of rotatable bonds is 1. The van der Waals surface area contributed by atoms with E-state index in [-0.39, 0.29) is 0 Å². The second-order valence-electron chi connectivity index (χ2n) is 2.20. The molecule has 1 radical (unpaired) electrons. The van der Waals surface area contributed by atoms with Crippen molar-refractivity contribution in [3.05, 3.63) is 5.92 Å². The maximum Gasteiger partial charge on any atom is 0.0148 e. The van der Waals surface area contributed by atoms with E-state index in [9.17, 15) is 0 Å². The Morgan fingerprint density at radius 2 is 1.86 bits per heavy atom. The van der Waals surface area contributed by atoms with Crippen LogP contribution in [0.4, 0.5) is 0 Å². The molecular weight excluding hydrogens is 104 g/mol. The van der Waals surface area contributed by atoms with Gasteiger partial charge in [-0.3, -0.25) is 0 Å². The van der Waals surface area contributed by atoms with Crippen molar-refractivity contribution >= 4 is 17.6 Å². The molecule has 0 heterocycles. The Labute approximate surface area is 49.9 Å². The Bertz CT molecular complexity index is 80.2. The molecule has 0 saturated heterocycles. The topological polar surface area (TPSA) is 0 Å². The minimum absolute atomic E-state index is 0.789. The van der Waals surface area contributed by atoms with Crippen LogP contribution in [-0.2, 0) is 0 Å². The van der Waals surface area contributed by atoms with Crippen molar-refractivity contribution in [3.8, 4) is 0 Å². The van der Waals surface area contributed by atoms with Gasteiger partial charge in [0.1, 0.15) is 0 Å². The fourth-order valence-corrected chi connectivity index (χ4v) is 1.24. The summed E-state index contributed by atoms with van der Waals surface area (Å²) in [6.07, 6.45) is 0. The zero-order valence-corrected chi connectivity index (χ0v) is 5.46. The average Bonchev–Trinajstić information content (AvgIpc) is 2.17. The lowest BCUT2D eigenvalue weighted by molar-refractivity contribution is 0.834. The second-order valence-corrected chi connectivity index (χ2v) is 2.43. The fraction of sp³-hybridized carbons (Fsp3) is 0.667. The first-order chi connectivity index (χ1) is 3.27. The number of thiocarbonyl (C=S) groups is 1. The van der Waals surface area contributed by atoms with E-state index in [0.717, 1.165) is 11.8 Å². The summed E-state index contributed by atoms with van der Waals surface area (Å²) in [5.41, 5.74) is 0. The standard InChI is InChI=1S/C6H9S/c1-4-5(2)6(4)3-7/h3-5H,1-2H3. The van der Waals surface area contributed by atoms with Crippen molar-refractivity contribution < 1.29 is 0 Å². The van der Waals surface area contributed by atoms with Gasteiger partial charge in [0.15, 0.2) is 0 Å². The predicted octanol–water partition coefficient (Wildman–Crippen LogP) is 1.85. The molecule has 1 aliphatic carbocycles. The third kappa shape index (κ3) is 0.697. The normalized spacial score (nSPS) is 40.9. The Balaban J connectivity index is 2.37.